The molecule has 0 radical (unpaired) electrons. The van der Waals surface area contributed by atoms with Gasteiger partial charge >= 0.3 is 0 Å². The standard InChI is InChI=1S/C11H9Cl2NO2/c1-2-3-4-16-14-7-8-5-9(12)10(13)6-11(8)15/h1,5-7,15H,3-4H2. The summed E-state index contributed by atoms with van der Waals surface area (Å²) in [6, 6.07) is 2.83. The molecule has 84 valence electrons. The molecule has 1 aromatic carbocycles. The Bertz CT molecular complexity index is 438. The summed E-state index contributed by atoms with van der Waals surface area (Å²) in [6.45, 7) is 0.328. The molecule has 0 unspecified atom stereocenters. The van der Waals surface area contributed by atoms with Crippen LogP contribution in [0.5, 0.6) is 5.75 Å². The van der Waals surface area contributed by atoms with Gasteiger partial charge in [0, 0.05) is 18.1 Å². The van der Waals surface area contributed by atoms with E-state index in [1.165, 1.54) is 18.3 Å². The van der Waals surface area contributed by atoms with E-state index >= 15 is 0 Å². The van der Waals surface area contributed by atoms with Crippen molar-refractivity contribution in [3.05, 3.63) is 27.7 Å². The number of hydrogen-bond donors (Lipinski definition) is 1. The van der Waals surface area contributed by atoms with Gasteiger partial charge < -0.3 is 9.94 Å². The molecular weight excluding hydrogens is 249 g/mol. The molecule has 0 fully saturated rings. The summed E-state index contributed by atoms with van der Waals surface area (Å²) < 4.78 is 0. The second-order valence-corrected chi connectivity index (χ2v) is 3.66. The highest BCUT2D eigenvalue weighted by atomic mass is 35.5. The average Bonchev–Trinajstić information content (AvgIpc) is 2.25. The molecule has 0 saturated heterocycles. The first-order chi connectivity index (χ1) is 7.65. The summed E-state index contributed by atoms with van der Waals surface area (Å²) in [5.41, 5.74) is 0.426. The predicted octanol–water partition coefficient (Wildman–Crippen LogP) is 3.07. The van der Waals surface area contributed by atoms with Gasteiger partial charge in [-0.1, -0.05) is 28.4 Å². The Kier molecular flexibility index (Phi) is 4.97. The van der Waals surface area contributed by atoms with E-state index in [-0.39, 0.29) is 10.8 Å². The molecule has 5 heteroatoms. The summed E-state index contributed by atoms with van der Waals surface area (Å²) in [6.07, 6.45) is 6.85. The summed E-state index contributed by atoms with van der Waals surface area (Å²) in [4.78, 5) is 4.84. The highest BCUT2D eigenvalue weighted by Gasteiger charge is 2.04. The van der Waals surface area contributed by atoms with Gasteiger partial charge in [0.15, 0.2) is 0 Å². The van der Waals surface area contributed by atoms with Crippen molar-refractivity contribution in [2.75, 3.05) is 6.61 Å². The van der Waals surface area contributed by atoms with Crippen molar-refractivity contribution < 1.29 is 9.94 Å². The molecular formula is C11H9Cl2NO2. The van der Waals surface area contributed by atoms with Crippen molar-refractivity contribution in [3.63, 3.8) is 0 Å². The van der Waals surface area contributed by atoms with E-state index in [1.807, 2.05) is 0 Å². The minimum Gasteiger partial charge on any atom is -0.507 e. The van der Waals surface area contributed by atoms with Crippen molar-refractivity contribution in [1.82, 2.24) is 0 Å². The largest absolute Gasteiger partial charge is 0.507 e. The van der Waals surface area contributed by atoms with E-state index in [1.54, 1.807) is 0 Å². The second-order valence-electron chi connectivity index (χ2n) is 2.85. The van der Waals surface area contributed by atoms with Crippen LogP contribution in [0, 0.1) is 12.3 Å². The van der Waals surface area contributed by atoms with Crippen molar-refractivity contribution >= 4 is 29.4 Å². The third-order valence-corrected chi connectivity index (χ3v) is 2.40. The van der Waals surface area contributed by atoms with Crippen LogP contribution in [0.25, 0.3) is 0 Å². The lowest BCUT2D eigenvalue weighted by molar-refractivity contribution is 0.152. The minimum absolute atomic E-state index is 0.0151. The smallest absolute Gasteiger partial charge is 0.128 e. The molecule has 0 aliphatic rings. The highest BCUT2D eigenvalue weighted by molar-refractivity contribution is 6.42. The number of terminal acetylenes is 1. The molecule has 0 aliphatic carbocycles. The second kappa shape index (κ2) is 6.26. The van der Waals surface area contributed by atoms with Crippen LogP contribution in [0.4, 0.5) is 0 Å². The molecule has 1 rings (SSSR count). The van der Waals surface area contributed by atoms with Gasteiger partial charge in [-0.3, -0.25) is 0 Å². The minimum atomic E-state index is -0.0151. The Morgan fingerprint density at radius 1 is 1.44 bits per heavy atom. The zero-order valence-electron chi connectivity index (χ0n) is 8.28. The molecule has 16 heavy (non-hydrogen) atoms. The van der Waals surface area contributed by atoms with Gasteiger partial charge in [-0.25, -0.2) is 0 Å². The van der Waals surface area contributed by atoms with Crippen molar-refractivity contribution in [3.8, 4) is 18.1 Å². The topological polar surface area (TPSA) is 41.8 Å². The lowest BCUT2D eigenvalue weighted by Crippen LogP contribution is -1.88. The number of phenolic OH excluding ortho intramolecular Hbond substituents is 1. The number of aromatic hydroxyl groups is 1. The Morgan fingerprint density at radius 3 is 2.81 bits per heavy atom. The van der Waals surface area contributed by atoms with Gasteiger partial charge in [0.1, 0.15) is 12.4 Å². The van der Waals surface area contributed by atoms with E-state index in [0.29, 0.717) is 23.6 Å². The first-order valence-corrected chi connectivity index (χ1v) is 5.17. The normalized spacial score (nSPS) is 10.3. The van der Waals surface area contributed by atoms with E-state index in [9.17, 15) is 5.11 Å². The summed E-state index contributed by atoms with van der Waals surface area (Å²) in [7, 11) is 0. The third kappa shape index (κ3) is 3.65. The fourth-order valence-electron chi connectivity index (χ4n) is 0.906. The molecule has 0 atom stereocenters. The van der Waals surface area contributed by atoms with E-state index in [0.717, 1.165) is 0 Å². The number of phenols is 1. The molecule has 0 aromatic heterocycles. The molecule has 1 N–H and O–H groups in total. The Hall–Kier alpha value is -1.37. The van der Waals surface area contributed by atoms with E-state index in [2.05, 4.69) is 11.1 Å². The monoisotopic (exact) mass is 257 g/mol. The van der Waals surface area contributed by atoms with Crippen LogP contribution in [0.1, 0.15) is 12.0 Å². The van der Waals surface area contributed by atoms with Crippen molar-refractivity contribution in [1.29, 1.82) is 0 Å². The highest BCUT2D eigenvalue weighted by Crippen LogP contribution is 2.28. The van der Waals surface area contributed by atoms with Crippen LogP contribution in [-0.4, -0.2) is 17.9 Å². The van der Waals surface area contributed by atoms with Crippen LogP contribution in [-0.2, 0) is 4.84 Å². The molecule has 0 aliphatic heterocycles. The number of nitrogens with zero attached hydrogens (tertiary/aromatic N) is 1. The van der Waals surface area contributed by atoms with E-state index < -0.39 is 0 Å². The lowest BCUT2D eigenvalue weighted by Gasteiger charge is -2.01. The quantitative estimate of drug-likeness (QED) is 0.390. The maximum atomic E-state index is 9.50. The fraction of sp³-hybridized carbons (Fsp3) is 0.182. The third-order valence-electron chi connectivity index (χ3n) is 1.67. The number of benzene rings is 1. The van der Waals surface area contributed by atoms with Gasteiger partial charge in [0.2, 0.25) is 0 Å². The van der Waals surface area contributed by atoms with Crippen molar-refractivity contribution in [2.45, 2.75) is 6.42 Å². The Labute approximate surface area is 104 Å². The fourth-order valence-corrected chi connectivity index (χ4v) is 1.24. The number of hydrogen-bond acceptors (Lipinski definition) is 3. The zero-order valence-corrected chi connectivity index (χ0v) is 9.79. The molecule has 0 heterocycles. The van der Waals surface area contributed by atoms with Gasteiger partial charge in [-0.2, -0.15) is 0 Å². The van der Waals surface area contributed by atoms with Gasteiger partial charge in [-0.05, 0) is 6.07 Å². The van der Waals surface area contributed by atoms with Gasteiger partial charge in [-0.15, -0.1) is 12.3 Å². The van der Waals surface area contributed by atoms with Crippen LogP contribution < -0.4 is 0 Å². The maximum absolute atomic E-state index is 9.50. The average molecular weight is 258 g/mol. The van der Waals surface area contributed by atoms with Crippen LogP contribution in [0.15, 0.2) is 17.3 Å². The molecule has 0 amide bonds. The number of rotatable bonds is 4. The maximum Gasteiger partial charge on any atom is 0.128 e. The summed E-state index contributed by atoms with van der Waals surface area (Å²) in [5.74, 6) is 2.39. The molecule has 0 spiro atoms. The Morgan fingerprint density at radius 2 is 2.12 bits per heavy atom. The predicted molar refractivity (Wildman–Crippen MR) is 65.1 cm³/mol. The van der Waals surface area contributed by atoms with Crippen LogP contribution in [0.3, 0.4) is 0 Å². The van der Waals surface area contributed by atoms with Gasteiger partial charge in [0.25, 0.3) is 0 Å². The molecule has 0 saturated carbocycles. The van der Waals surface area contributed by atoms with Crippen LogP contribution >= 0.6 is 23.2 Å². The summed E-state index contributed by atoms with van der Waals surface area (Å²) in [5, 5.41) is 13.7. The Balaban J connectivity index is 2.67. The van der Waals surface area contributed by atoms with Crippen LogP contribution in [0.2, 0.25) is 10.0 Å². The molecule has 1 aromatic rings. The SMILES string of the molecule is C#CCCON=Cc1cc(Cl)c(Cl)cc1O. The lowest BCUT2D eigenvalue weighted by atomic mass is 10.2. The number of halogens is 2. The van der Waals surface area contributed by atoms with Gasteiger partial charge in [0.05, 0.1) is 16.3 Å². The summed E-state index contributed by atoms with van der Waals surface area (Å²) >= 11 is 11.5. The molecule has 3 nitrogen and oxygen atoms in total. The number of oxime groups is 1. The van der Waals surface area contributed by atoms with E-state index in [4.69, 9.17) is 34.5 Å². The molecule has 0 bridgehead atoms. The first kappa shape index (κ1) is 12.7. The zero-order chi connectivity index (χ0) is 12.0. The first-order valence-electron chi connectivity index (χ1n) is 4.42. The van der Waals surface area contributed by atoms with Crippen molar-refractivity contribution in [2.24, 2.45) is 5.16 Å².